The number of carbonyl (C=O) groups excluding carboxylic acids is 1. The van der Waals surface area contributed by atoms with Gasteiger partial charge in [-0.3, -0.25) is 4.79 Å². The van der Waals surface area contributed by atoms with Crippen molar-refractivity contribution >= 4 is 27.5 Å². The first-order valence-corrected chi connectivity index (χ1v) is 6.73. The maximum Gasteiger partial charge on any atom is 0.255 e. The Morgan fingerprint density at radius 2 is 2.12 bits per heavy atom. The lowest BCUT2D eigenvalue weighted by Crippen LogP contribution is -2.32. The van der Waals surface area contributed by atoms with Gasteiger partial charge in [0, 0.05) is 23.2 Å². The second-order valence-corrected chi connectivity index (χ2v) is 4.89. The van der Waals surface area contributed by atoms with E-state index >= 15 is 0 Å². The average Bonchev–Trinajstić information content (AvgIpc) is 2.29. The molecule has 1 aromatic carbocycles. The molecule has 0 aliphatic carbocycles. The molecule has 0 saturated carbocycles. The molecule has 0 aliphatic heterocycles. The molecular weight excluding hydrogens is 280 g/mol. The molecule has 94 valence electrons. The smallest absolute Gasteiger partial charge is 0.255 e. The van der Waals surface area contributed by atoms with Crippen molar-refractivity contribution in [2.45, 2.75) is 26.7 Å². The maximum atomic E-state index is 12.2. The number of benzene rings is 1. The van der Waals surface area contributed by atoms with Crippen LogP contribution >= 0.6 is 15.9 Å². The molecule has 1 amide bonds. The van der Waals surface area contributed by atoms with Crippen LogP contribution in [-0.4, -0.2) is 23.9 Å². The molecular formula is C13H19BrN2O. The summed E-state index contributed by atoms with van der Waals surface area (Å²) in [6, 6.07) is 5.38. The van der Waals surface area contributed by atoms with Gasteiger partial charge in [0.05, 0.1) is 5.56 Å². The molecule has 0 radical (unpaired) electrons. The minimum absolute atomic E-state index is 0.0194. The fourth-order valence-corrected chi connectivity index (χ4v) is 2.03. The minimum atomic E-state index is 0.0194. The molecule has 4 heteroatoms. The zero-order valence-electron chi connectivity index (χ0n) is 10.4. The van der Waals surface area contributed by atoms with Crippen LogP contribution in [0.3, 0.4) is 0 Å². The van der Waals surface area contributed by atoms with Crippen molar-refractivity contribution in [3.05, 3.63) is 28.2 Å². The van der Waals surface area contributed by atoms with E-state index in [-0.39, 0.29) is 5.91 Å². The second kappa shape index (κ2) is 6.64. The molecule has 0 unspecified atom stereocenters. The van der Waals surface area contributed by atoms with Gasteiger partial charge in [-0.25, -0.2) is 0 Å². The first kappa shape index (κ1) is 14.0. The number of halogens is 1. The van der Waals surface area contributed by atoms with Crippen LogP contribution < -0.4 is 5.73 Å². The van der Waals surface area contributed by atoms with E-state index in [1.54, 1.807) is 12.1 Å². The highest BCUT2D eigenvalue weighted by molar-refractivity contribution is 9.10. The van der Waals surface area contributed by atoms with Gasteiger partial charge in [0.15, 0.2) is 0 Å². The number of unbranched alkanes of at least 4 members (excludes halogenated alkanes) is 1. The molecule has 0 heterocycles. The van der Waals surface area contributed by atoms with Gasteiger partial charge in [0.1, 0.15) is 0 Å². The molecule has 0 saturated heterocycles. The van der Waals surface area contributed by atoms with E-state index in [4.69, 9.17) is 5.73 Å². The van der Waals surface area contributed by atoms with Gasteiger partial charge < -0.3 is 10.6 Å². The third kappa shape index (κ3) is 3.73. The van der Waals surface area contributed by atoms with Crippen molar-refractivity contribution in [3.63, 3.8) is 0 Å². The van der Waals surface area contributed by atoms with Crippen LogP contribution in [-0.2, 0) is 0 Å². The first-order chi connectivity index (χ1) is 8.10. The SMILES string of the molecule is CCCCN(CC)C(=O)c1ccc(Br)cc1N. The average molecular weight is 299 g/mol. The molecule has 1 aromatic rings. The Kier molecular flexibility index (Phi) is 5.48. The van der Waals surface area contributed by atoms with Crippen LogP contribution in [0.5, 0.6) is 0 Å². The van der Waals surface area contributed by atoms with Crippen molar-refractivity contribution in [3.8, 4) is 0 Å². The summed E-state index contributed by atoms with van der Waals surface area (Å²) in [5, 5.41) is 0. The maximum absolute atomic E-state index is 12.2. The van der Waals surface area contributed by atoms with Crippen LogP contribution in [0.15, 0.2) is 22.7 Å². The summed E-state index contributed by atoms with van der Waals surface area (Å²) in [6.07, 6.45) is 2.11. The van der Waals surface area contributed by atoms with Gasteiger partial charge in [-0.15, -0.1) is 0 Å². The molecule has 0 aromatic heterocycles. The highest BCUT2D eigenvalue weighted by Gasteiger charge is 2.16. The van der Waals surface area contributed by atoms with E-state index < -0.39 is 0 Å². The number of anilines is 1. The van der Waals surface area contributed by atoms with Gasteiger partial charge in [0.25, 0.3) is 5.91 Å². The van der Waals surface area contributed by atoms with Crippen molar-refractivity contribution < 1.29 is 4.79 Å². The van der Waals surface area contributed by atoms with Gasteiger partial charge in [0.2, 0.25) is 0 Å². The fourth-order valence-electron chi connectivity index (χ4n) is 1.65. The highest BCUT2D eigenvalue weighted by atomic mass is 79.9. The van der Waals surface area contributed by atoms with Gasteiger partial charge in [-0.2, -0.15) is 0 Å². The van der Waals surface area contributed by atoms with Crippen molar-refractivity contribution in [2.75, 3.05) is 18.8 Å². The second-order valence-electron chi connectivity index (χ2n) is 3.97. The van der Waals surface area contributed by atoms with Crippen molar-refractivity contribution in [2.24, 2.45) is 0 Å². The Balaban J connectivity index is 2.86. The highest BCUT2D eigenvalue weighted by Crippen LogP contribution is 2.20. The summed E-state index contributed by atoms with van der Waals surface area (Å²) in [7, 11) is 0. The molecule has 17 heavy (non-hydrogen) atoms. The van der Waals surface area contributed by atoms with Gasteiger partial charge >= 0.3 is 0 Å². The molecule has 0 bridgehead atoms. The summed E-state index contributed by atoms with van der Waals surface area (Å²) in [5.41, 5.74) is 6.98. The number of nitrogens with zero attached hydrogens (tertiary/aromatic N) is 1. The summed E-state index contributed by atoms with van der Waals surface area (Å²) in [6.45, 7) is 5.62. The van der Waals surface area contributed by atoms with E-state index in [9.17, 15) is 4.79 Å². The van der Waals surface area contributed by atoms with E-state index in [0.29, 0.717) is 17.8 Å². The largest absolute Gasteiger partial charge is 0.398 e. The van der Waals surface area contributed by atoms with Crippen molar-refractivity contribution in [1.29, 1.82) is 0 Å². The molecule has 3 nitrogen and oxygen atoms in total. The molecule has 0 aliphatic rings. The summed E-state index contributed by atoms with van der Waals surface area (Å²) >= 11 is 3.34. The van der Waals surface area contributed by atoms with E-state index in [2.05, 4.69) is 22.9 Å². The lowest BCUT2D eigenvalue weighted by atomic mass is 10.1. The van der Waals surface area contributed by atoms with E-state index in [0.717, 1.165) is 23.9 Å². The van der Waals surface area contributed by atoms with E-state index in [1.807, 2.05) is 17.9 Å². The Hall–Kier alpha value is -1.03. The summed E-state index contributed by atoms with van der Waals surface area (Å²) < 4.78 is 0.892. The summed E-state index contributed by atoms with van der Waals surface area (Å²) in [4.78, 5) is 14.1. The topological polar surface area (TPSA) is 46.3 Å². The Morgan fingerprint density at radius 3 is 2.65 bits per heavy atom. The molecule has 2 N–H and O–H groups in total. The molecule has 0 fully saturated rings. The lowest BCUT2D eigenvalue weighted by Gasteiger charge is -2.21. The predicted octanol–water partition coefficient (Wildman–Crippen LogP) is 3.29. The third-order valence-corrected chi connectivity index (χ3v) is 3.19. The van der Waals surface area contributed by atoms with Crippen LogP contribution in [0, 0.1) is 0 Å². The number of amides is 1. The van der Waals surface area contributed by atoms with Gasteiger partial charge in [-0.05, 0) is 31.5 Å². The predicted molar refractivity (Wildman–Crippen MR) is 75.0 cm³/mol. The number of carbonyl (C=O) groups is 1. The minimum Gasteiger partial charge on any atom is -0.398 e. The Morgan fingerprint density at radius 1 is 1.41 bits per heavy atom. The quantitative estimate of drug-likeness (QED) is 0.848. The molecule has 0 spiro atoms. The van der Waals surface area contributed by atoms with Crippen LogP contribution in [0.4, 0.5) is 5.69 Å². The zero-order valence-corrected chi connectivity index (χ0v) is 12.0. The number of hydrogen-bond donors (Lipinski definition) is 1. The van der Waals surface area contributed by atoms with Crippen LogP contribution in [0.2, 0.25) is 0 Å². The standard InChI is InChI=1S/C13H19BrN2O/c1-3-5-8-16(4-2)13(17)11-7-6-10(14)9-12(11)15/h6-7,9H,3-5,8,15H2,1-2H3. The van der Waals surface area contributed by atoms with Crippen LogP contribution in [0.1, 0.15) is 37.0 Å². The third-order valence-electron chi connectivity index (χ3n) is 2.69. The fraction of sp³-hybridized carbons (Fsp3) is 0.462. The summed E-state index contributed by atoms with van der Waals surface area (Å²) in [5.74, 6) is 0.0194. The number of nitrogen functional groups attached to an aromatic ring is 1. The zero-order chi connectivity index (χ0) is 12.8. The number of nitrogens with two attached hydrogens (primary N) is 1. The molecule has 0 atom stereocenters. The lowest BCUT2D eigenvalue weighted by molar-refractivity contribution is 0.0763. The van der Waals surface area contributed by atoms with Crippen molar-refractivity contribution in [1.82, 2.24) is 4.90 Å². The Bertz CT molecular complexity index is 393. The van der Waals surface area contributed by atoms with E-state index in [1.165, 1.54) is 0 Å². The monoisotopic (exact) mass is 298 g/mol. The number of rotatable bonds is 5. The molecule has 1 rings (SSSR count). The van der Waals surface area contributed by atoms with Crippen LogP contribution in [0.25, 0.3) is 0 Å². The normalized spacial score (nSPS) is 10.3. The number of hydrogen-bond acceptors (Lipinski definition) is 2. The van der Waals surface area contributed by atoms with Gasteiger partial charge in [-0.1, -0.05) is 29.3 Å². The Labute approximate surface area is 111 Å². The first-order valence-electron chi connectivity index (χ1n) is 5.94.